The van der Waals surface area contributed by atoms with E-state index in [1.807, 2.05) is 0 Å². The fraction of sp³-hybridized carbons (Fsp3) is 0.793. The highest BCUT2D eigenvalue weighted by Gasteiger charge is 2.37. The first kappa shape index (κ1) is 24.0. The average Bonchev–Trinajstić information content (AvgIpc) is 2.83. The monoisotopic (exact) mass is 446 g/mol. The Hall–Kier alpha value is -1.12. The second-order valence-corrected chi connectivity index (χ2v) is 11.3. The molecule has 32 heavy (non-hydrogen) atoms. The second kappa shape index (κ2) is 11.3. The van der Waals surface area contributed by atoms with Gasteiger partial charge in [-0.2, -0.15) is 4.39 Å². The molecule has 1 nitrogen and oxygen atoms in total. The molecule has 180 valence electrons. The molecule has 0 spiro atoms. The molecule has 4 atom stereocenters. The van der Waals surface area contributed by atoms with Crippen LogP contribution < -0.4 is 4.74 Å². The standard InChI is InChI=1S/C29H44F2O/c1-3-4-5-20-6-8-21(9-7-20)10-11-22-12-13-24-19-25(15-14-23(24)18-22)26-16-17-27(32-2)29(31)28(26)30/h16-17,20-25H,3-15,18-19H2,1-2H3. The van der Waals surface area contributed by atoms with Crippen LogP contribution in [0.4, 0.5) is 8.78 Å². The van der Waals surface area contributed by atoms with Crippen LogP contribution in [0.15, 0.2) is 12.1 Å². The molecular formula is C29H44F2O. The van der Waals surface area contributed by atoms with Crippen LogP contribution in [0.1, 0.15) is 115 Å². The third-order valence-electron chi connectivity index (χ3n) is 9.37. The summed E-state index contributed by atoms with van der Waals surface area (Å²) in [6.07, 6.45) is 20.2. The molecule has 0 N–H and O–H groups in total. The smallest absolute Gasteiger partial charge is 0.200 e. The minimum atomic E-state index is -0.824. The van der Waals surface area contributed by atoms with E-state index in [4.69, 9.17) is 4.74 Å². The lowest BCUT2D eigenvalue weighted by Gasteiger charge is -2.43. The van der Waals surface area contributed by atoms with Gasteiger partial charge in [-0.3, -0.25) is 0 Å². The van der Waals surface area contributed by atoms with Gasteiger partial charge in [0.15, 0.2) is 11.6 Å². The maximum atomic E-state index is 14.6. The van der Waals surface area contributed by atoms with Gasteiger partial charge >= 0.3 is 0 Å². The molecule has 0 radical (unpaired) electrons. The van der Waals surface area contributed by atoms with E-state index in [0.29, 0.717) is 11.5 Å². The number of fused-ring (bicyclic) bond motifs is 1. The summed E-state index contributed by atoms with van der Waals surface area (Å²) >= 11 is 0. The molecule has 3 saturated carbocycles. The number of ether oxygens (including phenoxy) is 1. The molecule has 4 unspecified atom stereocenters. The molecule has 1 aromatic carbocycles. The first-order valence-electron chi connectivity index (χ1n) is 13.6. The third kappa shape index (κ3) is 5.68. The van der Waals surface area contributed by atoms with Gasteiger partial charge in [0.05, 0.1) is 7.11 Å². The Morgan fingerprint density at radius 2 is 1.38 bits per heavy atom. The normalized spacial score (nSPS) is 33.0. The fourth-order valence-corrected chi connectivity index (χ4v) is 7.32. The summed E-state index contributed by atoms with van der Waals surface area (Å²) in [5.74, 6) is 3.06. The van der Waals surface area contributed by atoms with E-state index in [1.165, 1.54) is 90.6 Å². The number of unbranched alkanes of at least 4 members (excludes halogenated alkanes) is 1. The van der Waals surface area contributed by atoms with Gasteiger partial charge in [0, 0.05) is 0 Å². The van der Waals surface area contributed by atoms with Crippen LogP contribution in [-0.4, -0.2) is 7.11 Å². The zero-order chi connectivity index (χ0) is 22.5. The van der Waals surface area contributed by atoms with Crippen molar-refractivity contribution in [3.63, 3.8) is 0 Å². The molecule has 3 heteroatoms. The average molecular weight is 447 g/mol. The van der Waals surface area contributed by atoms with Gasteiger partial charge in [-0.1, -0.05) is 77.2 Å². The van der Waals surface area contributed by atoms with Gasteiger partial charge in [0.2, 0.25) is 5.82 Å². The first-order valence-corrected chi connectivity index (χ1v) is 13.6. The Balaban J connectivity index is 1.22. The number of halogens is 2. The second-order valence-electron chi connectivity index (χ2n) is 11.3. The summed E-state index contributed by atoms with van der Waals surface area (Å²) in [6, 6.07) is 3.35. The van der Waals surface area contributed by atoms with Crippen molar-refractivity contribution in [2.75, 3.05) is 7.11 Å². The summed E-state index contributed by atoms with van der Waals surface area (Å²) < 4.78 is 33.8. The largest absolute Gasteiger partial charge is 0.494 e. The van der Waals surface area contributed by atoms with Crippen molar-refractivity contribution in [3.05, 3.63) is 29.3 Å². The Kier molecular flexibility index (Phi) is 8.51. The lowest BCUT2D eigenvalue weighted by atomic mass is 9.63. The number of benzene rings is 1. The predicted molar refractivity (Wildman–Crippen MR) is 128 cm³/mol. The number of hydrogen-bond acceptors (Lipinski definition) is 1. The highest BCUT2D eigenvalue weighted by Crippen LogP contribution is 2.49. The van der Waals surface area contributed by atoms with Gasteiger partial charge in [0.25, 0.3) is 0 Å². The van der Waals surface area contributed by atoms with Gasteiger partial charge in [-0.15, -0.1) is 0 Å². The lowest BCUT2D eigenvalue weighted by Crippen LogP contribution is -2.31. The first-order chi connectivity index (χ1) is 15.6. The van der Waals surface area contributed by atoms with Gasteiger partial charge in [-0.05, 0) is 79.2 Å². The molecule has 3 fully saturated rings. The van der Waals surface area contributed by atoms with Crippen molar-refractivity contribution in [1.82, 2.24) is 0 Å². The van der Waals surface area contributed by atoms with Crippen molar-refractivity contribution < 1.29 is 13.5 Å². The van der Waals surface area contributed by atoms with Crippen LogP contribution in [0.3, 0.4) is 0 Å². The quantitative estimate of drug-likeness (QED) is 0.387. The molecule has 1 aromatic rings. The summed E-state index contributed by atoms with van der Waals surface area (Å²) in [6.45, 7) is 2.31. The zero-order valence-corrected chi connectivity index (χ0v) is 20.4. The van der Waals surface area contributed by atoms with E-state index in [2.05, 4.69) is 6.92 Å². The molecule has 0 aromatic heterocycles. The number of hydrogen-bond donors (Lipinski definition) is 0. The van der Waals surface area contributed by atoms with Crippen molar-refractivity contribution in [2.24, 2.45) is 29.6 Å². The van der Waals surface area contributed by atoms with E-state index in [9.17, 15) is 8.78 Å². The molecule has 0 heterocycles. The Bertz CT molecular complexity index is 724. The SMILES string of the molecule is CCCCC1CCC(CCC2CCC3CC(c4ccc(OC)c(F)c4F)CCC3C2)CC1. The molecule has 0 aliphatic heterocycles. The van der Waals surface area contributed by atoms with E-state index in [1.54, 1.807) is 12.1 Å². The van der Waals surface area contributed by atoms with Crippen molar-refractivity contribution in [3.8, 4) is 5.75 Å². The minimum absolute atomic E-state index is 0.00916. The molecule has 0 bridgehead atoms. The maximum Gasteiger partial charge on any atom is 0.200 e. The number of rotatable bonds is 8. The highest BCUT2D eigenvalue weighted by molar-refractivity contribution is 5.33. The van der Waals surface area contributed by atoms with E-state index in [0.717, 1.165) is 36.5 Å². The summed E-state index contributed by atoms with van der Waals surface area (Å²) in [5.41, 5.74) is 0.568. The van der Waals surface area contributed by atoms with E-state index >= 15 is 0 Å². The Labute approximate surface area is 194 Å². The van der Waals surface area contributed by atoms with Gasteiger partial charge < -0.3 is 4.74 Å². The van der Waals surface area contributed by atoms with E-state index < -0.39 is 11.6 Å². The highest BCUT2D eigenvalue weighted by atomic mass is 19.2. The molecule has 0 saturated heterocycles. The van der Waals surface area contributed by atoms with Crippen LogP contribution in [0.5, 0.6) is 5.75 Å². The Morgan fingerprint density at radius 3 is 2.09 bits per heavy atom. The van der Waals surface area contributed by atoms with Crippen LogP contribution in [0.2, 0.25) is 0 Å². The van der Waals surface area contributed by atoms with Crippen LogP contribution >= 0.6 is 0 Å². The fourth-order valence-electron chi connectivity index (χ4n) is 7.32. The van der Waals surface area contributed by atoms with E-state index in [-0.39, 0.29) is 11.7 Å². The molecule has 3 aliphatic carbocycles. The molecule has 4 rings (SSSR count). The summed E-state index contributed by atoms with van der Waals surface area (Å²) in [4.78, 5) is 0. The van der Waals surface area contributed by atoms with Crippen molar-refractivity contribution in [1.29, 1.82) is 0 Å². The summed E-state index contributed by atoms with van der Waals surface area (Å²) in [7, 11) is 1.39. The molecular weight excluding hydrogens is 402 g/mol. The molecule has 0 amide bonds. The summed E-state index contributed by atoms with van der Waals surface area (Å²) in [5, 5.41) is 0. The number of methoxy groups -OCH3 is 1. The topological polar surface area (TPSA) is 9.23 Å². The molecule has 3 aliphatic rings. The zero-order valence-electron chi connectivity index (χ0n) is 20.4. The Morgan fingerprint density at radius 1 is 0.750 bits per heavy atom. The maximum absolute atomic E-state index is 14.6. The van der Waals surface area contributed by atoms with Crippen molar-refractivity contribution >= 4 is 0 Å². The van der Waals surface area contributed by atoms with Crippen molar-refractivity contribution in [2.45, 2.75) is 109 Å². The van der Waals surface area contributed by atoms with Gasteiger partial charge in [-0.25, -0.2) is 4.39 Å². The van der Waals surface area contributed by atoms with Crippen LogP contribution in [0, 0.1) is 41.2 Å². The van der Waals surface area contributed by atoms with Crippen LogP contribution in [0.25, 0.3) is 0 Å². The predicted octanol–water partition coefficient (Wildman–Crippen LogP) is 9.05. The minimum Gasteiger partial charge on any atom is -0.494 e. The third-order valence-corrected chi connectivity index (χ3v) is 9.37. The van der Waals surface area contributed by atoms with Gasteiger partial charge in [0.1, 0.15) is 0 Å². The van der Waals surface area contributed by atoms with Crippen LogP contribution in [-0.2, 0) is 0 Å². The lowest BCUT2D eigenvalue weighted by molar-refractivity contribution is 0.108.